The molecule has 0 fully saturated rings. The van der Waals surface area contributed by atoms with Gasteiger partial charge in [-0.25, -0.2) is 0 Å². The van der Waals surface area contributed by atoms with Crippen LogP contribution in [-0.2, 0) is 20.9 Å². The summed E-state index contributed by atoms with van der Waals surface area (Å²) in [5.74, 6) is -0.845. The first kappa shape index (κ1) is 13.7. The third-order valence-corrected chi connectivity index (χ3v) is 2.20. The molecule has 0 aliphatic rings. The van der Waals surface area contributed by atoms with Crippen molar-refractivity contribution in [3.8, 4) is 0 Å². The molecule has 94 valence electrons. The van der Waals surface area contributed by atoms with Crippen LogP contribution in [-0.4, -0.2) is 30.4 Å². The van der Waals surface area contributed by atoms with Crippen molar-refractivity contribution in [2.75, 3.05) is 13.2 Å². The number of carboxylic acid groups (broad SMARTS) is 1. The molecule has 1 N–H and O–H groups in total. The minimum atomic E-state index is -0.845. The summed E-state index contributed by atoms with van der Waals surface area (Å²) < 4.78 is 10.7. The van der Waals surface area contributed by atoms with Crippen LogP contribution in [0.1, 0.15) is 18.9 Å². The van der Waals surface area contributed by atoms with Gasteiger partial charge in [-0.1, -0.05) is 30.3 Å². The zero-order valence-electron chi connectivity index (χ0n) is 9.96. The van der Waals surface area contributed by atoms with E-state index in [1.54, 1.807) is 6.92 Å². The molecule has 0 aromatic heterocycles. The first-order valence-corrected chi connectivity index (χ1v) is 5.63. The highest BCUT2D eigenvalue weighted by Gasteiger charge is 2.06. The second-order valence-electron chi connectivity index (χ2n) is 3.82. The van der Waals surface area contributed by atoms with E-state index in [1.807, 2.05) is 30.3 Å². The summed E-state index contributed by atoms with van der Waals surface area (Å²) >= 11 is 0. The number of hydrogen-bond acceptors (Lipinski definition) is 3. The monoisotopic (exact) mass is 238 g/mol. The molecule has 0 heterocycles. The Bertz CT molecular complexity index is 323. The molecule has 4 heteroatoms. The van der Waals surface area contributed by atoms with Crippen molar-refractivity contribution in [2.24, 2.45) is 0 Å². The topological polar surface area (TPSA) is 55.8 Å². The fourth-order valence-corrected chi connectivity index (χ4v) is 1.38. The minimum absolute atomic E-state index is 0.0265. The van der Waals surface area contributed by atoms with Crippen LogP contribution in [0, 0.1) is 0 Å². The Hall–Kier alpha value is -1.39. The number of carboxylic acids is 1. The van der Waals surface area contributed by atoms with E-state index in [0.29, 0.717) is 19.8 Å². The van der Waals surface area contributed by atoms with Crippen molar-refractivity contribution < 1.29 is 19.4 Å². The van der Waals surface area contributed by atoms with E-state index in [2.05, 4.69) is 0 Å². The lowest BCUT2D eigenvalue weighted by atomic mass is 10.2. The highest BCUT2D eigenvalue weighted by molar-refractivity contribution is 5.67. The molecule has 0 aliphatic carbocycles. The molecule has 4 nitrogen and oxygen atoms in total. The summed E-state index contributed by atoms with van der Waals surface area (Å²) in [6.45, 7) is 3.18. The van der Waals surface area contributed by atoms with Gasteiger partial charge >= 0.3 is 5.97 Å². The van der Waals surface area contributed by atoms with Gasteiger partial charge in [0, 0.05) is 0 Å². The second-order valence-corrected chi connectivity index (χ2v) is 3.82. The van der Waals surface area contributed by atoms with Crippen LogP contribution in [0.5, 0.6) is 0 Å². The number of benzene rings is 1. The van der Waals surface area contributed by atoms with E-state index in [-0.39, 0.29) is 12.5 Å². The van der Waals surface area contributed by atoms with Gasteiger partial charge in [0.25, 0.3) is 0 Å². The SMILES string of the molecule is CC(CC(=O)O)OCCOCc1ccccc1. The van der Waals surface area contributed by atoms with Gasteiger partial charge in [0.1, 0.15) is 0 Å². The third kappa shape index (κ3) is 6.71. The maximum absolute atomic E-state index is 10.4. The zero-order chi connectivity index (χ0) is 12.5. The van der Waals surface area contributed by atoms with Gasteiger partial charge in [0.05, 0.1) is 32.3 Å². The Morgan fingerprint density at radius 3 is 2.65 bits per heavy atom. The molecular weight excluding hydrogens is 220 g/mol. The van der Waals surface area contributed by atoms with Crippen molar-refractivity contribution in [3.63, 3.8) is 0 Å². The number of aliphatic carboxylic acids is 1. The molecular formula is C13H18O4. The van der Waals surface area contributed by atoms with Crippen LogP contribution in [0.4, 0.5) is 0 Å². The molecule has 0 saturated heterocycles. The predicted octanol–water partition coefficient (Wildman–Crippen LogP) is 2.08. The normalized spacial score (nSPS) is 12.3. The Morgan fingerprint density at radius 1 is 1.29 bits per heavy atom. The summed E-state index contributed by atoms with van der Waals surface area (Å²) in [5, 5.41) is 8.52. The largest absolute Gasteiger partial charge is 0.481 e. The average Bonchev–Trinajstić information content (AvgIpc) is 2.29. The molecule has 0 aliphatic heterocycles. The van der Waals surface area contributed by atoms with Gasteiger partial charge in [-0.15, -0.1) is 0 Å². The molecule has 1 aromatic carbocycles. The van der Waals surface area contributed by atoms with Gasteiger partial charge in [-0.2, -0.15) is 0 Å². The van der Waals surface area contributed by atoms with E-state index in [4.69, 9.17) is 14.6 Å². The number of hydrogen-bond donors (Lipinski definition) is 1. The molecule has 1 rings (SSSR count). The maximum Gasteiger partial charge on any atom is 0.305 e. The fourth-order valence-electron chi connectivity index (χ4n) is 1.38. The van der Waals surface area contributed by atoms with Gasteiger partial charge in [0.15, 0.2) is 0 Å². The van der Waals surface area contributed by atoms with Crippen molar-refractivity contribution in [2.45, 2.75) is 26.1 Å². The summed E-state index contributed by atoms with van der Waals surface area (Å²) in [6, 6.07) is 9.87. The molecule has 17 heavy (non-hydrogen) atoms. The Morgan fingerprint density at radius 2 is 2.00 bits per heavy atom. The van der Waals surface area contributed by atoms with Crippen LogP contribution in [0.25, 0.3) is 0 Å². The van der Waals surface area contributed by atoms with Crippen LogP contribution in [0.15, 0.2) is 30.3 Å². The van der Waals surface area contributed by atoms with E-state index >= 15 is 0 Å². The summed E-state index contributed by atoms with van der Waals surface area (Å²) in [5.41, 5.74) is 1.12. The first-order valence-electron chi connectivity index (χ1n) is 5.63. The zero-order valence-corrected chi connectivity index (χ0v) is 9.96. The van der Waals surface area contributed by atoms with Gasteiger partial charge in [-0.05, 0) is 12.5 Å². The molecule has 1 unspecified atom stereocenters. The van der Waals surface area contributed by atoms with Crippen molar-refractivity contribution in [1.29, 1.82) is 0 Å². The van der Waals surface area contributed by atoms with Crippen molar-refractivity contribution >= 4 is 5.97 Å². The summed E-state index contributed by atoms with van der Waals surface area (Å²) in [6.07, 6.45) is -0.244. The smallest absolute Gasteiger partial charge is 0.305 e. The van der Waals surface area contributed by atoms with Crippen molar-refractivity contribution in [3.05, 3.63) is 35.9 Å². The maximum atomic E-state index is 10.4. The fraction of sp³-hybridized carbons (Fsp3) is 0.462. The standard InChI is InChI=1S/C13H18O4/c1-11(9-13(14)15)17-8-7-16-10-12-5-3-2-4-6-12/h2-6,11H,7-10H2,1H3,(H,14,15). The van der Waals surface area contributed by atoms with E-state index in [1.165, 1.54) is 0 Å². The lowest BCUT2D eigenvalue weighted by Gasteiger charge is -2.10. The van der Waals surface area contributed by atoms with E-state index < -0.39 is 5.97 Å². The molecule has 0 spiro atoms. The van der Waals surface area contributed by atoms with Gasteiger partial charge < -0.3 is 14.6 Å². The molecule has 0 radical (unpaired) electrons. The van der Waals surface area contributed by atoms with Crippen LogP contribution < -0.4 is 0 Å². The molecule has 1 atom stereocenters. The Labute approximate surface area is 101 Å². The van der Waals surface area contributed by atoms with Crippen LogP contribution in [0.2, 0.25) is 0 Å². The highest BCUT2D eigenvalue weighted by Crippen LogP contribution is 2.01. The number of ether oxygens (including phenoxy) is 2. The second kappa shape index (κ2) is 7.81. The highest BCUT2D eigenvalue weighted by atomic mass is 16.5. The molecule has 0 saturated carbocycles. The number of rotatable bonds is 8. The van der Waals surface area contributed by atoms with E-state index in [9.17, 15) is 4.79 Å². The summed E-state index contributed by atoms with van der Waals surface area (Å²) in [4.78, 5) is 10.4. The van der Waals surface area contributed by atoms with Crippen LogP contribution >= 0.6 is 0 Å². The average molecular weight is 238 g/mol. The lowest BCUT2D eigenvalue weighted by molar-refractivity contribution is -0.140. The van der Waals surface area contributed by atoms with Gasteiger partial charge in [0.2, 0.25) is 0 Å². The molecule has 1 aromatic rings. The third-order valence-electron chi connectivity index (χ3n) is 2.20. The minimum Gasteiger partial charge on any atom is -0.481 e. The Balaban J connectivity index is 2.03. The Kier molecular flexibility index (Phi) is 6.29. The quantitative estimate of drug-likeness (QED) is 0.704. The molecule has 0 bridgehead atoms. The van der Waals surface area contributed by atoms with Gasteiger partial charge in [-0.3, -0.25) is 4.79 Å². The first-order chi connectivity index (χ1) is 8.18. The molecule has 0 amide bonds. The lowest BCUT2D eigenvalue weighted by Crippen LogP contribution is -2.16. The summed E-state index contributed by atoms with van der Waals surface area (Å²) in [7, 11) is 0. The number of carbonyl (C=O) groups is 1. The van der Waals surface area contributed by atoms with Crippen LogP contribution in [0.3, 0.4) is 0 Å². The predicted molar refractivity (Wildman–Crippen MR) is 63.8 cm³/mol. The van der Waals surface area contributed by atoms with E-state index in [0.717, 1.165) is 5.56 Å². The van der Waals surface area contributed by atoms with Crippen molar-refractivity contribution in [1.82, 2.24) is 0 Å².